The molecule has 0 radical (unpaired) electrons. The predicted molar refractivity (Wildman–Crippen MR) is 73.3 cm³/mol. The summed E-state index contributed by atoms with van der Waals surface area (Å²) in [5, 5.41) is 9.02. The van der Waals surface area contributed by atoms with Crippen molar-refractivity contribution in [1.82, 2.24) is 0 Å². The summed E-state index contributed by atoms with van der Waals surface area (Å²) >= 11 is 0. The molecule has 0 fully saturated rings. The maximum atomic E-state index is 9.02. The second kappa shape index (κ2) is 6.46. The Morgan fingerprint density at radius 2 is 1.68 bits per heavy atom. The Kier molecular flexibility index (Phi) is 4.41. The molecule has 96 valence electrons. The highest BCUT2D eigenvalue weighted by Crippen LogP contribution is 2.22. The Balaban J connectivity index is 1.88. The molecule has 0 saturated heterocycles. The molecule has 3 nitrogen and oxygen atoms in total. The fourth-order valence-corrected chi connectivity index (χ4v) is 1.75. The lowest BCUT2D eigenvalue weighted by Crippen LogP contribution is -2.10. The minimum atomic E-state index is 0.411. The van der Waals surface area contributed by atoms with Gasteiger partial charge in [0.1, 0.15) is 30.8 Å². The lowest BCUT2D eigenvalue weighted by atomic mass is 10.1. The second-order valence-corrected chi connectivity index (χ2v) is 4.07. The molecule has 0 aromatic heterocycles. The van der Waals surface area contributed by atoms with Crippen LogP contribution in [0.3, 0.4) is 0 Å². The van der Waals surface area contributed by atoms with Gasteiger partial charge in [-0.15, -0.1) is 0 Å². The van der Waals surface area contributed by atoms with E-state index in [9.17, 15) is 0 Å². The van der Waals surface area contributed by atoms with Crippen molar-refractivity contribution >= 4 is 0 Å². The number of nitriles is 1. The van der Waals surface area contributed by atoms with Crippen LogP contribution < -0.4 is 9.47 Å². The summed E-state index contributed by atoms with van der Waals surface area (Å²) in [6.07, 6.45) is 0. The van der Waals surface area contributed by atoms with Gasteiger partial charge in [0.25, 0.3) is 0 Å². The van der Waals surface area contributed by atoms with E-state index >= 15 is 0 Å². The van der Waals surface area contributed by atoms with Crippen molar-refractivity contribution in [3.8, 4) is 17.6 Å². The van der Waals surface area contributed by atoms with Crippen LogP contribution in [0.4, 0.5) is 0 Å². The monoisotopic (exact) mass is 253 g/mol. The number of para-hydroxylation sites is 2. The summed E-state index contributed by atoms with van der Waals surface area (Å²) in [4.78, 5) is 0. The van der Waals surface area contributed by atoms with Crippen molar-refractivity contribution < 1.29 is 9.47 Å². The zero-order valence-electron chi connectivity index (χ0n) is 10.8. The Morgan fingerprint density at radius 1 is 0.947 bits per heavy atom. The molecule has 0 heterocycles. The van der Waals surface area contributed by atoms with Crippen molar-refractivity contribution in [2.75, 3.05) is 13.2 Å². The number of hydrogen-bond donors (Lipinski definition) is 0. The van der Waals surface area contributed by atoms with Crippen LogP contribution in [0.5, 0.6) is 11.5 Å². The summed E-state index contributed by atoms with van der Waals surface area (Å²) in [5.74, 6) is 1.46. The maximum Gasteiger partial charge on any atom is 0.140 e. The Morgan fingerprint density at radius 3 is 2.42 bits per heavy atom. The first kappa shape index (κ1) is 13.0. The lowest BCUT2D eigenvalue weighted by molar-refractivity contribution is 0.216. The van der Waals surface area contributed by atoms with E-state index in [1.165, 1.54) is 0 Å². The molecule has 3 heteroatoms. The van der Waals surface area contributed by atoms with Gasteiger partial charge < -0.3 is 9.47 Å². The quantitative estimate of drug-likeness (QED) is 0.767. The van der Waals surface area contributed by atoms with Crippen molar-refractivity contribution in [3.63, 3.8) is 0 Å². The summed E-state index contributed by atoms with van der Waals surface area (Å²) in [6, 6.07) is 17.2. The summed E-state index contributed by atoms with van der Waals surface area (Å²) in [6.45, 7) is 2.78. The highest BCUT2D eigenvalue weighted by molar-refractivity contribution is 5.47. The van der Waals surface area contributed by atoms with Crippen molar-refractivity contribution in [2.24, 2.45) is 0 Å². The molecule has 2 rings (SSSR count). The van der Waals surface area contributed by atoms with Gasteiger partial charge in [0.15, 0.2) is 0 Å². The first-order valence-electron chi connectivity index (χ1n) is 6.11. The van der Waals surface area contributed by atoms with Gasteiger partial charge in [-0.05, 0) is 30.7 Å². The zero-order valence-corrected chi connectivity index (χ0v) is 10.8. The zero-order chi connectivity index (χ0) is 13.5. The molecular formula is C16H15NO2. The molecule has 0 amide bonds. The summed E-state index contributed by atoms with van der Waals surface area (Å²) < 4.78 is 11.2. The first-order chi connectivity index (χ1) is 9.31. The van der Waals surface area contributed by atoms with E-state index < -0.39 is 0 Å². The molecule has 0 aliphatic heterocycles. The Labute approximate surface area is 113 Å². The SMILES string of the molecule is Cc1cccc(C#N)c1OCCOc1ccccc1. The number of ether oxygens (including phenoxy) is 2. The molecule has 0 aliphatic carbocycles. The average molecular weight is 253 g/mol. The van der Waals surface area contributed by atoms with Crippen LogP contribution in [0, 0.1) is 18.3 Å². The smallest absolute Gasteiger partial charge is 0.140 e. The third kappa shape index (κ3) is 3.49. The van der Waals surface area contributed by atoms with Gasteiger partial charge in [-0.2, -0.15) is 5.26 Å². The van der Waals surface area contributed by atoms with Gasteiger partial charge in [0, 0.05) is 0 Å². The summed E-state index contributed by atoms with van der Waals surface area (Å²) in [5.41, 5.74) is 1.51. The first-order valence-corrected chi connectivity index (χ1v) is 6.11. The standard InChI is InChI=1S/C16H15NO2/c1-13-6-5-7-14(12-17)16(13)19-11-10-18-15-8-3-2-4-9-15/h2-9H,10-11H2,1H3. The average Bonchev–Trinajstić information content (AvgIpc) is 2.46. The van der Waals surface area contributed by atoms with E-state index in [2.05, 4.69) is 6.07 Å². The van der Waals surface area contributed by atoms with E-state index in [4.69, 9.17) is 14.7 Å². The van der Waals surface area contributed by atoms with Crippen LogP contribution in [-0.4, -0.2) is 13.2 Å². The van der Waals surface area contributed by atoms with E-state index in [0.29, 0.717) is 24.5 Å². The van der Waals surface area contributed by atoms with Crippen LogP contribution in [0.2, 0.25) is 0 Å². The number of nitrogens with zero attached hydrogens (tertiary/aromatic N) is 1. The van der Waals surface area contributed by atoms with Crippen LogP contribution in [0.25, 0.3) is 0 Å². The number of benzene rings is 2. The van der Waals surface area contributed by atoms with Gasteiger partial charge >= 0.3 is 0 Å². The molecule has 0 bridgehead atoms. The normalized spacial score (nSPS) is 9.68. The predicted octanol–water partition coefficient (Wildman–Crippen LogP) is 3.32. The number of aryl methyl sites for hydroxylation is 1. The molecule has 0 unspecified atom stereocenters. The molecule has 0 N–H and O–H groups in total. The van der Waals surface area contributed by atoms with Crippen LogP contribution in [0.15, 0.2) is 48.5 Å². The van der Waals surface area contributed by atoms with E-state index in [1.54, 1.807) is 6.07 Å². The van der Waals surface area contributed by atoms with Crippen LogP contribution in [0.1, 0.15) is 11.1 Å². The highest BCUT2D eigenvalue weighted by atomic mass is 16.5. The van der Waals surface area contributed by atoms with Gasteiger partial charge in [0.2, 0.25) is 0 Å². The topological polar surface area (TPSA) is 42.2 Å². The highest BCUT2D eigenvalue weighted by Gasteiger charge is 2.06. The van der Waals surface area contributed by atoms with Crippen LogP contribution >= 0.6 is 0 Å². The second-order valence-electron chi connectivity index (χ2n) is 4.07. The van der Waals surface area contributed by atoms with Gasteiger partial charge in [0.05, 0.1) is 5.56 Å². The Bertz CT molecular complexity index is 573. The fourth-order valence-electron chi connectivity index (χ4n) is 1.75. The van der Waals surface area contributed by atoms with Crippen LogP contribution in [-0.2, 0) is 0 Å². The third-order valence-corrected chi connectivity index (χ3v) is 2.67. The van der Waals surface area contributed by atoms with Crippen molar-refractivity contribution in [2.45, 2.75) is 6.92 Å². The summed E-state index contributed by atoms with van der Waals surface area (Å²) in [7, 11) is 0. The van der Waals surface area contributed by atoms with Gasteiger partial charge in [-0.1, -0.05) is 30.3 Å². The minimum Gasteiger partial charge on any atom is -0.490 e. The molecule has 2 aromatic rings. The molecule has 0 spiro atoms. The molecule has 19 heavy (non-hydrogen) atoms. The van der Waals surface area contributed by atoms with E-state index in [-0.39, 0.29) is 0 Å². The van der Waals surface area contributed by atoms with Gasteiger partial charge in [-0.3, -0.25) is 0 Å². The minimum absolute atomic E-state index is 0.411. The molecule has 0 atom stereocenters. The van der Waals surface area contributed by atoms with Crippen molar-refractivity contribution in [1.29, 1.82) is 5.26 Å². The van der Waals surface area contributed by atoms with Gasteiger partial charge in [-0.25, -0.2) is 0 Å². The maximum absolute atomic E-state index is 9.02. The Hall–Kier alpha value is -2.47. The molecular weight excluding hydrogens is 238 g/mol. The van der Waals surface area contributed by atoms with Crippen molar-refractivity contribution in [3.05, 3.63) is 59.7 Å². The number of rotatable bonds is 5. The molecule has 0 aliphatic rings. The molecule has 2 aromatic carbocycles. The third-order valence-electron chi connectivity index (χ3n) is 2.67. The largest absolute Gasteiger partial charge is 0.490 e. The lowest BCUT2D eigenvalue weighted by Gasteiger charge is -2.11. The molecule has 0 saturated carbocycles. The fraction of sp³-hybridized carbons (Fsp3) is 0.188. The van der Waals surface area contributed by atoms with E-state index in [0.717, 1.165) is 11.3 Å². The number of hydrogen-bond acceptors (Lipinski definition) is 3. The van der Waals surface area contributed by atoms with E-state index in [1.807, 2.05) is 49.4 Å².